The maximum atomic E-state index is 12.9. The predicted molar refractivity (Wildman–Crippen MR) is 158 cm³/mol. The number of carbonyl (C=O) groups is 2. The Morgan fingerprint density at radius 3 is 1.52 bits per heavy atom. The second kappa shape index (κ2) is 11.2. The number of aliphatic carboxylic acids is 1. The van der Waals surface area contributed by atoms with Crippen LogP contribution in [0.15, 0.2) is 0 Å². The minimum atomic E-state index is -0.522. The molecule has 4 nitrogen and oxygen atoms in total. The average molecular weight is 555 g/mol. The number of ether oxygens (including phenoxy) is 1. The van der Waals surface area contributed by atoms with Gasteiger partial charge in [0.05, 0.1) is 11.8 Å². The van der Waals surface area contributed by atoms with Gasteiger partial charge in [-0.05, 0) is 142 Å². The van der Waals surface area contributed by atoms with Crippen LogP contribution in [0.1, 0.15) is 125 Å². The molecule has 0 amide bonds. The molecule has 0 radical (unpaired) electrons. The van der Waals surface area contributed by atoms with Crippen LogP contribution in [0.4, 0.5) is 0 Å². The summed E-state index contributed by atoms with van der Waals surface area (Å²) in [6, 6.07) is 0. The normalized spacial score (nSPS) is 49.0. The van der Waals surface area contributed by atoms with E-state index in [1.165, 1.54) is 64.2 Å². The average Bonchev–Trinajstić information content (AvgIpc) is 3.78. The minimum Gasteiger partial charge on any atom is -0.481 e. The Hall–Kier alpha value is -1.06. The predicted octanol–water partition coefficient (Wildman–Crippen LogP) is 8.62. The van der Waals surface area contributed by atoms with Crippen molar-refractivity contribution in [3.63, 3.8) is 0 Å². The molecule has 40 heavy (non-hydrogen) atoms. The Labute approximate surface area is 244 Å². The third-order valence-electron chi connectivity index (χ3n) is 14.4. The fraction of sp³-hybridized carbons (Fsp3) is 0.944. The monoisotopic (exact) mass is 554 g/mol. The molecule has 0 aromatic heterocycles. The van der Waals surface area contributed by atoms with Gasteiger partial charge in [0.25, 0.3) is 0 Å². The van der Waals surface area contributed by atoms with Crippen molar-refractivity contribution in [2.24, 2.45) is 82.9 Å². The van der Waals surface area contributed by atoms with E-state index < -0.39 is 5.97 Å². The minimum absolute atomic E-state index is 0.00842. The van der Waals surface area contributed by atoms with Gasteiger partial charge in [0, 0.05) is 0 Å². The first-order chi connectivity index (χ1) is 19.2. The van der Waals surface area contributed by atoms with Crippen LogP contribution in [-0.2, 0) is 14.3 Å². The van der Waals surface area contributed by atoms with Crippen LogP contribution in [0.25, 0.3) is 0 Å². The van der Waals surface area contributed by atoms with Crippen molar-refractivity contribution < 1.29 is 19.4 Å². The van der Waals surface area contributed by atoms with Crippen LogP contribution in [0.2, 0.25) is 0 Å². The highest BCUT2D eigenvalue weighted by Crippen LogP contribution is 2.67. The second-order valence-electron chi connectivity index (χ2n) is 15.9. The quantitative estimate of drug-likeness (QED) is 0.320. The summed E-state index contributed by atoms with van der Waals surface area (Å²) < 4.78 is 6.07. The number of esters is 1. The van der Waals surface area contributed by atoms with Gasteiger partial charge in [-0.2, -0.15) is 0 Å². The van der Waals surface area contributed by atoms with Gasteiger partial charge < -0.3 is 9.84 Å². The van der Waals surface area contributed by atoms with Crippen molar-refractivity contribution in [2.75, 3.05) is 0 Å². The van der Waals surface area contributed by atoms with Crippen LogP contribution in [0.5, 0.6) is 0 Å². The molecule has 0 aromatic carbocycles. The molecule has 4 heteroatoms. The van der Waals surface area contributed by atoms with Gasteiger partial charge in [-0.3, -0.25) is 9.59 Å². The van der Waals surface area contributed by atoms with E-state index in [1.54, 1.807) is 0 Å². The van der Waals surface area contributed by atoms with E-state index in [1.807, 2.05) is 0 Å². The van der Waals surface area contributed by atoms with E-state index in [4.69, 9.17) is 4.74 Å². The van der Waals surface area contributed by atoms with Gasteiger partial charge >= 0.3 is 11.9 Å². The molecular weight excluding hydrogens is 496 g/mol. The maximum Gasteiger partial charge on any atom is 0.309 e. The van der Waals surface area contributed by atoms with Crippen molar-refractivity contribution in [3.05, 3.63) is 0 Å². The zero-order valence-electron chi connectivity index (χ0n) is 26.2. The second-order valence-corrected chi connectivity index (χ2v) is 15.9. The summed E-state index contributed by atoms with van der Waals surface area (Å²) >= 11 is 0. The lowest BCUT2D eigenvalue weighted by atomic mass is 9.70. The van der Waals surface area contributed by atoms with Crippen LogP contribution < -0.4 is 0 Å². The summed E-state index contributed by atoms with van der Waals surface area (Å²) in [6.45, 7) is 11.5. The number of fused-ring (bicyclic) bond motifs is 10. The zero-order chi connectivity index (χ0) is 28.3. The summed E-state index contributed by atoms with van der Waals surface area (Å²) in [6.07, 6.45) is 17.3. The van der Waals surface area contributed by atoms with Crippen LogP contribution in [0, 0.1) is 82.9 Å². The third-order valence-corrected chi connectivity index (χ3v) is 14.4. The Kier molecular flexibility index (Phi) is 8.14. The van der Waals surface area contributed by atoms with Gasteiger partial charge in [0.2, 0.25) is 0 Å². The molecule has 7 rings (SSSR count). The Balaban J connectivity index is 0.000000151. The Morgan fingerprint density at radius 1 is 0.650 bits per heavy atom. The van der Waals surface area contributed by atoms with Crippen molar-refractivity contribution in [1.29, 1.82) is 0 Å². The van der Waals surface area contributed by atoms with Crippen molar-refractivity contribution in [1.82, 2.24) is 0 Å². The van der Waals surface area contributed by atoms with Gasteiger partial charge in [-0.1, -0.05) is 53.4 Å². The van der Waals surface area contributed by atoms with E-state index in [9.17, 15) is 14.7 Å². The van der Waals surface area contributed by atoms with Crippen molar-refractivity contribution >= 4 is 11.9 Å². The van der Waals surface area contributed by atoms with Gasteiger partial charge in [-0.25, -0.2) is 0 Å². The Bertz CT molecular complexity index is 937. The van der Waals surface area contributed by atoms with E-state index in [2.05, 4.69) is 34.6 Å². The van der Waals surface area contributed by atoms with Gasteiger partial charge in [-0.15, -0.1) is 0 Å². The number of rotatable bonds is 7. The molecule has 0 aromatic rings. The zero-order valence-corrected chi connectivity index (χ0v) is 26.2. The van der Waals surface area contributed by atoms with Crippen LogP contribution >= 0.6 is 0 Å². The highest BCUT2D eigenvalue weighted by atomic mass is 16.6. The number of carboxylic acid groups (broad SMARTS) is 1. The standard InChI is InChI=1S/C21H34O2.C15H24O2/c1-4-13-10-14(5-2)19-16-11-15(18(13)19)12-17(16)20(22)23-21(3)8-6-7-9-21;1-3-8-5-9(4-2)14-11-6-10(13(8)14)7-12(11)15(16)17/h13-19H,4-12H2,1-3H3;8-14H,3-7H2,1-2H3,(H,16,17). The molecular formula is C36H58O4. The van der Waals surface area contributed by atoms with E-state index >= 15 is 0 Å². The molecule has 14 unspecified atom stereocenters. The molecule has 0 heterocycles. The van der Waals surface area contributed by atoms with Crippen molar-refractivity contribution in [2.45, 2.75) is 130 Å². The molecule has 7 saturated carbocycles. The molecule has 0 aliphatic heterocycles. The van der Waals surface area contributed by atoms with Crippen molar-refractivity contribution in [3.8, 4) is 0 Å². The van der Waals surface area contributed by atoms with Gasteiger partial charge in [0.15, 0.2) is 0 Å². The largest absolute Gasteiger partial charge is 0.481 e. The first kappa shape index (κ1) is 29.0. The highest BCUT2D eigenvalue weighted by Gasteiger charge is 2.62. The topological polar surface area (TPSA) is 63.6 Å². The summed E-state index contributed by atoms with van der Waals surface area (Å²) in [7, 11) is 0. The first-order valence-electron chi connectivity index (χ1n) is 17.7. The lowest BCUT2D eigenvalue weighted by molar-refractivity contribution is -0.166. The van der Waals surface area contributed by atoms with E-state index in [0.717, 1.165) is 84.9 Å². The first-order valence-corrected chi connectivity index (χ1v) is 17.7. The molecule has 0 saturated heterocycles. The molecule has 226 valence electrons. The molecule has 7 aliphatic rings. The molecule has 14 atom stereocenters. The molecule has 4 bridgehead atoms. The molecule has 7 fully saturated rings. The summed E-state index contributed by atoms with van der Waals surface area (Å²) in [5.74, 6) is 9.50. The lowest BCUT2D eigenvalue weighted by Gasteiger charge is -2.36. The fourth-order valence-corrected chi connectivity index (χ4v) is 12.9. The van der Waals surface area contributed by atoms with Crippen LogP contribution in [0.3, 0.4) is 0 Å². The summed E-state index contributed by atoms with van der Waals surface area (Å²) in [5.41, 5.74) is -0.149. The highest BCUT2D eigenvalue weighted by molar-refractivity contribution is 5.74. The van der Waals surface area contributed by atoms with Crippen LogP contribution in [-0.4, -0.2) is 22.6 Å². The Morgan fingerprint density at radius 2 is 1.07 bits per heavy atom. The van der Waals surface area contributed by atoms with Gasteiger partial charge in [0.1, 0.15) is 5.60 Å². The SMILES string of the molecule is CCC1CC(CC)C2C3CC(CC3C(=O)O)C12.CCC1CC(CC)C2C3CC(CC3C(=O)OC3(C)CCCC3)C12. The number of carbonyl (C=O) groups excluding carboxylic acids is 1. The number of hydrogen-bond donors (Lipinski definition) is 1. The summed E-state index contributed by atoms with van der Waals surface area (Å²) in [4.78, 5) is 24.2. The molecule has 7 aliphatic carbocycles. The molecule has 1 N–H and O–H groups in total. The third kappa shape index (κ3) is 4.68. The molecule has 0 spiro atoms. The lowest BCUT2D eigenvalue weighted by Crippen LogP contribution is -2.38. The fourth-order valence-electron chi connectivity index (χ4n) is 12.9. The number of hydrogen-bond acceptors (Lipinski definition) is 3. The smallest absolute Gasteiger partial charge is 0.309 e. The summed E-state index contributed by atoms with van der Waals surface area (Å²) in [5, 5.41) is 9.34. The number of carboxylic acids is 1. The van der Waals surface area contributed by atoms with E-state index in [-0.39, 0.29) is 23.4 Å². The van der Waals surface area contributed by atoms with E-state index in [0.29, 0.717) is 11.8 Å². The maximum absolute atomic E-state index is 12.9.